The van der Waals surface area contributed by atoms with Crippen molar-refractivity contribution in [3.63, 3.8) is 0 Å². The average Bonchev–Trinajstić information content (AvgIpc) is 2.70. The first-order valence-corrected chi connectivity index (χ1v) is 7.81. The van der Waals surface area contributed by atoms with Gasteiger partial charge in [0.1, 0.15) is 0 Å². The van der Waals surface area contributed by atoms with E-state index in [1.54, 1.807) is 4.88 Å². The number of hydrogen-bond donors (Lipinski definition) is 0. The lowest BCUT2D eigenvalue weighted by molar-refractivity contribution is 0.390. The van der Waals surface area contributed by atoms with Crippen molar-refractivity contribution < 1.29 is 4.43 Å². The second kappa shape index (κ2) is 4.40. The van der Waals surface area contributed by atoms with E-state index in [1.165, 1.54) is 25.3 Å². The van der Waals surface area contributed by atoms with Gasteiger partial charge >= 0.3 is 0 Å². The normalized spacial score (nSPS) is 29.0. The third-order valence-electron chi connectivity index (χ3n) is 2.91. The maximum absolute atomic E-state index is 5.67. The molecule has 1 nitrogen and oxygen atoms in total. The molecule has 1 saturated heterocycles. The summed E-state index contributed by atoms with van der Waals surface area (Å²) >= 11 is 1.90. The van der Waals surface area contributed by atoms with Crippen LogP contribution in [0.1, 0.15) is 29.7 Å². The Balaban J connectivity index is 2.11. The van der Waals surface area contributed by atoms with Crippen molar-refractivity contribution in [2.45, 2.75) is 30.8 Å². The molecular weight excluding hydrogens is 196 g/mol. The molecule has 0 N–H and O–H groups in total. The molecule has 0 bridgehead atoms. The van der Waals surface area contributed by atoms with Gasteiger partial charge in [-0.15, -0.1) is 11.3 Å². The molecule has 0 radical (unpaired) electrons. The molecule has 3 heteroatoms. The van der Waals surface area contributed by atoms with Crippen LogP contribution in [-0.4, -0.2) is 16.2 Å². The minimum absolute atomic E-state index is 0.804. The maximum atomic E-state index is 5.67. The van der Waals surface area contributed by atoms with E-state index in [2.05, 4.69) is 17.5 Å². The van der Waals surface area contributed by atoms with Crippen LogP contribution in [0.25, 0.3) is 0 Å². The van der Waals surface area contributed by atoms with E-state index in [9.17, 15) is 0 Å². The van der Waals surface area contributed by atoms with Gasteiger partial charge in [0.2, 0.25) is 0 Å². The van der Waals surface area contributed by atoms with Gasteiger partial charge in [-0.1, -0.05) is 18.9 Å². The molecule has 1 aliphatic rings. The largest absolute Gasteiger partial charge is 0.423 e. The molecule has 2 unspecified atom stereocenters. The molecule has 1 aromatic rings. The highest BCUT2D eigenvalue weighted by atomic mass is 32.1. The highest BCUT2D eigenvalue weighted by Crippen LogP contribution is 2.34. The minimum atomic E-state index is -0.903. The zero-order chi connectivity index (χ0) is 9.10. The Morgan fingerprint density at radius 2 is 2.46 bits per heavy atom. The summed E-state index contributed by atoms with van der Waals surface area (Å²) in [5, 5.41) is 2.19. The topological polar surface area (TPSA) is 9.23 Å². The van der Waals surface area contributed by atoms with Crippen molar-refractivity contribution in [1.82, 2.24) is 0 Å². The molecule has 1 aromatic heterocycles. The van der Waals surface area contributed by atoms with E-state index in [-0.39, 0.29) is 0 Å². The SMILES string of the molecule is CO[SiH]1CCCCC1c1cccs1. The van der Waals surface area contributed by atoms with Gasteiger partial charge in [-0.3, -0.25) is 0 Å². The zero-order valence-corrected chi connectivity index (χ0v) is 10.0. The fourth-order valence-corrected chi connectivity index (χ4v) is 6.40. The van der Waals surface area contributed by atoms with Crippen LogP contribution in [-0.2, 0) is 4.43 Å². The smallest absolute Gasteiger partial charge is 0.184 e. The molecule has 0 aliphatic carbocycles. The Kier molecular flexibility index (Phi) is 3.19. The highest BCUT2D eigenvalue weighted by Gasteiger charge is 2.28. The highest BCUT2D eigenvalue weighted by molar-refractivity contribution is 7.10. The van der Waals surface area contributed by atoms with E-state index in [0.29, 0.717) is 0 Å². The lowest BCUT2D eigenvalue weighted by atomic mass is 10.1. The van der Waals surface area contributed by atoms with Gasteiger partial charge in [-0.25, -0.2) is 0 Å². The van der Waals surface area contributed by atoms with E-state index >= 15 is 0 Å². The summed E-state index contributed by atoms with van der Waals surface area (Å²) in [4.78, 5) is 1.57. The molecule has 0 aromatic carbocycles. The quantitative estimate of drug-likeness (QED) is 0.685. The van der Waals surface area contributed by atoms with Gasteiger partial charge < -0.3 is 4.43 Å². The van der Waals surface area contributed by atoms with E-state index in [4.69, 9.17) is 4.43 Å². The summed E-state index contributed by atoms with van der Waals surface area (Å²) in [5.41, 5.74) is 0.804. The van der Waals surface area contributed by atoms with E-state index in [0.717, 1.165) is 5.54 Å². The zero-order valence-electron chi connectivity index (χ0n) is 8.03. The second-order valence-corrected chi connectivity index (χ2v) is 7.59. The summed E-state index contributed by atoms with van der Waals surface area (Å²) in [6.45, 7) is 0. The van der Waals surface area contributed by atoms with Gasteiger partial charge in [0, 0.05) is 17.5 Å². The summed E-state index contributed by atoms with van der Waals surface area (Å²) in [7, 11) is 1.00. The fraction of sp³-hybridized carbons (Fsp3) is 0.600. The van der Waals surface area contributed by atoms with Gasteiger partial charge in [0.05, 0.1) is 0 Å². The first-order chi connectivity index (χ1) is 6.42. The van der Waals surface area contributed by atoms with Gasteiger partial charge in [0.15, 0.2) is 9.04 Å². The molecular formula is C10H16OSSi. The van der Waals surface area contributed by atoms with Crippen LogP contribution in [0.3, 0.4) is 0 Å². The van der Waals surface area contributed by atoms with Gasteiger partial charge in [-0.05, 0) is 23.9 Å². The first kappa shape index (κ1) is 9.43. The molecule has 2 heterocycles. The lowest BCUT2D eigenvalue weighted by Gasteiger charge is -2.27. The Morgan fingerprint density at radius 1 is 1.54 bits per heavy atom. The molecule has 1 aliphatic heterocycles. The van der Waals surface area contributed by atoms with Gasteiger partial charge in [0.25, 0.3) is 0 Å². The van der Waals surface area contributed by atoms with Crippen LogP contribution < -0.4 is 0 Å². The molecule has 0 spiro atoms. The van der Waals surface area contributed by atoms with E-state index < -0.39 is 9.04 Å². The van der Waals surface area contributed by atoms with Crippen molar-refractivity contribution >= 4 is 20.4 Å². The summed E-state index contributed by atoms with van der Waals surface area (Å²) in [6, 6.07) is 5.81. The number of rotatable bonds is 2. The van der Waals surface area contributed by atoms with Crippen molar-refractivity contribution in [3.8, 4) is 0 Å². The standard InChI is InChI=1S/C10H16OSSi/c1-11-13-8-3-2-6-10(13)9-5-4-7-12-9/h4-5,7,10,13H,2-3,6,8H2,1H3. The van der Waals surface area contributed by atoms with Gasteiger partial charge in [-0.2, -0.15) is 0 Å². The molecule has 2 rings (SSSR count). The first-order valence-electron chi connectivity index (χ1n) is 4.98. The molecule has 2 atom stereocenters. The minimum Gasteiger partial charge on any atom is -0.423 e. The van der Waals surface area contributed by atoms with Crippen molar-refractivity contribution in [2.75, 3.05) is 7.11 Å². The summed E-state index contributed by atoms with van der Waals surface area (Å²) in [5.74, 6) is 0. The van der Waals surface area contributed by atoms with Crippen molar-refractivity contribution in [3.05, 3.63) is 22.4 Å². The molecule has 0 saturated carbocycles. The van der Waals surface area contributed by atoms with Crippen LogP contribution in [0.15, 0.2) is 17.5 Å². The van der Waals surface area contributed by atoms with Crippen LogP contribution in [0.4, 0.5) is 0 Å². The third-order valence-corrected chi connectivity index (χ3v) is 7.33. The Labute approximate surface area is 85.5 Å². The number of hydrogen-bond acceptors (Lipinski definition) is 2. The molecule has 1 fully saturated rings. The van der Waals surface area contributed by atoms with Crippen LogP contribution in [0.2, 0.25) is 6.04 Å². The molecule has 13 heavy (non-hydrogen) atoms. The predicted octanol–water partition coefficient (Wildman–Crippen LogP) is 2.93. The maximum Gasteiger partial charge on any atom is 0.184 e. The predicted molar refractivity (Wildman–Crippen MR) is 59.9 cm³/mol. The Hall–Kier alpha value is -0.123. The van der Waals surface area contributed by atoms with Crippen LogP contribution in [0, 0.1) is 0 Å². The monoisotopic (exact) mass is 212 g/mol. The van der Waals surface area contributed by atoms with Crippen LogP contribution in [0.5, 0.6) is 0 Å². The van der Waals surface area contributed by atoms with Crippen molar-refractivity contribution in [2.24, 2.45) is 0 Å². The van der Waals surface area contributed by atoms with E-state index in [1.807, 2.05) is 18.4 Å². The molecule has 0 amide bonds. The lowest BCUT2D eigenvalue weighted by Crippen LogP contribution is -2.28. The van der Waals surface area contributed by atoms with Crippen molar-refractivity contribution in [1.29, 1.82) is 0 Å². The Morgan fingerprint density at radius 3 is 3.15 bits per heavy atom. The average molecular weight is 212 g/mol. The molecule has 72 valence electrons. The van der Waals surface area contributed by atoms with Crippen LogP contribution >= 0.6 is 11.3 Å². The summed E-state index contributed by atoms with van der Waals surface area (Å²) in [6.07, 6.45) is 4.16. The summed E-state index contributed by atoms with van der Waals surface area (Å²) < 4.78 is 5.67. The Bertz CT molecular complexity index is 247. The second-order valence-electron chi connectivity index (χ2n) is 3.68. The fourth-order valence-electron chi connectivity index (χ4n) is 2.21. The third kappa shape index (κ3) is 2.03. The number of thiophene rings is 1.